The molecule has 6 nitrogen and oxygen atoms in total. The third-order valence-electron chi connectivity index (χ3n) is 3.04. The lowest BCUT2D eigenvalue weighted by Gasteiger charge is -2.28. The van der Waals surface area contributed by atoms with Crippen molar-refractivity contribution in [3.05, 3.63) is 17.3 Å². The number of nitrogens with zero attached hydrogens (tertiary/aromatic N) is 1. The number of hydrogen-bond acceptors (Lipinski definition) is 4. The van der Waals surface area contributed by atoms with Crippen molar-refractivity contribution in [1.82, 2.24) is 15.6 Å². The number of amides is 2. The SMILES string of the molecule is CCCC(C)(CO)NC(=O)NCc1nc(C)c(C)o1. The van der Waals surface area contributed by atoms with Gasteiger partial charge < -0.3 is 20.2 Å². The molecule has 1 atom stereocenters. The van der Waals surface area contributed by atoms with Crippen LogP contribution >= 0.6 is 0 Å². The number of oxazole rings is 1. The standard InChI is InChI=1S/C13H23N3O3/c1-5-6-13(4,8-17)16-12(18)14-7-11-15-9(2)10(3)19-11/h17H,5-8H2,1-4H3,(H2,14,16,18). The molecule has 0 saturated heterocycles. The fourth-order valence-electron chi connectivity index (χ4n) is 1.82. The molecule has 0 spiro atoms. The first-order valence-corrected chi connectivity index (χ1v) is 6.50. The zero-order valence-electron chi connectivity index (χ0n) is 12.0. The Bertz CT molecular complexity index is 411. The molecule has 1 heterocycles. The Morgan fingerprint density at radius 1 is 1.47 bits per heavy atom. The number of carbonyl (C=O) groups excluding carboxylic acids is 1. The molecule has 6 heteroatoms. The first kappa shape index (κ1) is 15.5. The van der Waals surface area contributed by atoms with Crippen LogP contribution in [-0.4, -0.2) is 28.3 Å². The van der Waals surface area contributed by atoms with Crippen LogP contribution in [-0.2, 0) is 6.54 Å². The molecule has 2 amide bonds. The molecule has 0 radical (unpaired) electrons. The van der Waals surface area contributed by atoms with Crippen molar-refractivity contribution >= 4 is 6.03 Å². The molecule has 0 aliphatic carbocycles. The number of aliphatic hydroxyl groups excluding tert-OH is 1. The second-order valence-corrected chi connectivity index (χ2v) is 5.03. The molecule has 0 bridgehead atoms. The fourth-order valence-corrected chi connectivity index (χ4v) is 1.82. The van der Waals surface area contributed by atoms with Crippen LogP contribution in [0.2, 0.25) is 0 Å². The normalized spacial score (nSPS) is 13.9. The smallest absolute Gasteiger partial charge is 0.315 e. The Labute approximate surface area is 113 Å². The summed E-state index contributed by atoms with van der Waals surface area (Å²) >= 11 is 0. The summed E-state index contributed by atoms with van der Waals surface area (Å²) in [5.41, 5.74) is 0.227. The summed E-state index contributed by atoms with van der Waals surface area (Å²) < 4.78 is 5.37. The van der Waals surface area contributed by atoms with Gasteiger partial charge in [0, 0.05) is 0 Å². The van der Waals surface area contributed by atoms with Crippen LogP contribution in [0.25, 0.3) is 0 Å². The van der Waals surface area contributed by atoms with Crippen LogP contribution in [0, 0.1) is 13.8 Å². The second-order valence-electron chi connectivity index (χ2n) is 5.03. The van der Waals surface area contributed by atoms with Gasteiger partial charge in [0.2, 0.25) is 5.89 Å². The van der Waals surface area contributed by atoms with Gasteiger partial charge in [0.05, 0.1) is 24.4 Å². The van der Waals surface area contributed by atoms with Gasteiger partial charge in [-0.3, -0.25) is 0 Å². The summed E-state index contributed by atoms with van der Waals surface area (Å²) in [7, 11) is 0. The van der Waals surface area contributed by atoms with Gasteiger partial charge in [-0.1, -0.05) is 13.3 Å². The van der Waals surface area contributed by atoms with Crippen molar-refractivity contribution in [2.45, 2.75) is 52.6 Å². The van der Waals surface area contributed by atoms with Crippen LogP contribution in [0.5, 0.6) is 0 Å². The first-order valence-electron chi connectivity index (χ1n) is 6.50. The van der Waals surface area contributed by atoms with Crippen molar-refractivity contribution in [3.63, 3.8) is 0 Å². The molecule has 1 aromatic rings. The zero-order chi connectivity index (χ0) is 14.5. The van der Waals surface area contributed by atoms with E-state index < -0.39 is 5.54 Å². The third-order valence-corrected chi connectivity index (χ3v) is 3.04. The van der Waals surface area contributed by atoms with Crippen molar-refractivity contribution in [1.29, 1.82) is 0 Å². The van der Waals surface area contributed by atoms with E-state index in [-0.39, 0.29) is 19.2 Å². The summed E-state index contributed by atoms with van der Waals surface area (Å²) in [6.45, 7) is 7.64. The lowest BCUT2D eigenvalue weighted by Crippen LogP contribution is -2.52. The van der Waals surface area contributed by atoms with Gasteiger partial charge in [0.15, 0.2) is 0 Å². The van der Waals surface area contributed by atoms with Crippen LogP contribution < -0.4 is 10.6 Å². The monoisotopic (exact) mass is 269 g/mol. The maximum absolute atomic E-state index is 11.8. The maximum Gasteiger partial charge on any atom is 0.315 e. The summed E-state index contributed by atoms with van der Waals surface area (Å²) in [5, 5.41) is 14.8. The average molecular weight is 269 g/mol. The highest BCUT2D eigenvalue weighted by Gasteiger charge is 2.24. The van der Waals surface area contributed by atoms with E-state index in [0.717, 1.165) is 17.9 Å². The van der Waals surface area contributed by atoms with Crippen LogP contribution in [0.15, 0.2) is 4.42 Å². The fraction of sp³-hybridized carbons (Fsp3) is 0.692. The van der Waals surface area contributed by atoms with Gasteiger partial charge in [-0.05, 0) is 27.2 Å². The number of rotatable bonds is 6. The molecule has 1 aromatic heterocycles. The molecule has 1 rings (SSSR count). The van der Waals surface area contributed by atoms with Gasteiger partial charge in [0.25, 0.3) is 0 Å². The molecule has 0 aromatic carbocycles. The molecule has 19 heavy (non-hydrogen) atoms. The van der Waals surface area contributed by atoms with Crippen molar-refractivity contribution < 1.29 is 14.3 Å². The highest BCUT2D eigenvalue weighted by atomic mass is 16.4. The van der Waals surface area contributed by atoms with E-state index in [1.54, 1.807) is 0 Å². The number of nitrogens with one attached hydrogen (secondary N) is 2. The minimum Gasteiger partial charge on any atom is -0.444 e. The Kier molecular flexibility index (Phi) is 5.35. The van der Waals surface area contributed by atoms with Crippen LogP contribution in [0.1, 0.15) is 44.0 Å². The zero-order valence-corrected chi connectivity index (χ0v) is 12.0. The lowest BCUT2D eigenvalue weighted by atomic mass is 9.98. The van der Waals surface area contributed by atoms with E-state index in [1.165, 1.54) is 0 Å². The first-order chi connectivity index (χ1) is 8.90. The molecule has 0 saturated carbocycles. The predicted molar refractivity (Wildman–Crippen MR) is 71.7 cm³/mol. The van der Waals surface area contributed by atoms with E-state index in [9.17, 15) is 9.90 Å². The second kappa shape index (κ2) is 6.56. The number of aromatic nitrogens is 1. The largest absolute Gasteiger partial charge is 0.444 e. The molecule has 108 valence electrons. The lowest BCUT2D eigenvalue weighted by molar-refractivity contribution is 0.163. The Balaban J connectivity index is 2.47. The van der Waals surface area contributed by atoms with Crippen LogP contribution in [0.3, 0.4) is 0 Å². The highest BCUT2D eigenvalue weighted by Crippen LogP contribution is 2.11. The Hall–Kier alpha value is -1.56. The maximum atomic E-state index is 11.8. The predicted octanol–water partition coefficient (Wildman–Crippen LogP) is 1.64. The minimum atomic E-state index is -0.596. The van der Waals surface area contributed by atoms with Crippen molar-refractivity contribution in [2.75, 3.05) is 6.61 Å². The molecular formula is C13H23N3O3. The van der Waals surface area contributed by atoms with Crippen molar-refractivity contribution in [2.24, 2.45) is 0 Å². The summed E-state index contributed by atoms with van der Waals surface area (Å²) in [6.07, 6.45) is 1.60. The Morgan fingerprint density at radius 3 is 2.63 bits per heavy atom. The number of urea groups is 1. The van der Waals surface area contributed by atoms with Gasteiger partial charge in [-0.2, -0.15) is 0 Å². The average Bonchev–Trinajstić information content (AvgIpc) is 2.67. The van der Waals surface area contributed by atoms with E-state index in [1.807, 2.05) is 27.7 Å². The molecule has 3 N–H and O–H groups in total. The van der Waals surface area contributed by atoms with E-state index >= 15 is 0 Å². The van der Waals surface area contributed by atoms with E-state index in [2.05, 4.69) is 15.6 Å². The third kappa shape index (κ3) is 4.55. The van der Waals surface area contributed by atoms with Gasteiger partial charge in [-0.15, -0.1) is 0 Å². The molecule has 0 fully saturated rings. The molecule has 0 aliphatic rings. The number of aryl methyl sites for hydroxylation is 2. The molecule has 0 aliphatic heterocycles. The summed E-state index contributed by atoms with van der Waals surface area (Å²) in [6, 6.07) is -0.335. The van der Waals surface area contributed by atoms with Gasteiger partial charge >= 0.3 is 6.03 Å². The number of carbonyl (C=O) groups is 1. The van der Waals surface area contributed by atoms with Crippen molar-refractivity contribution in [3.8, 4) is 0 Å². The van der Waals surface area contributed by atoms with Crippen LogP contribution in [0.4, 0.5) is 4.79 Å². The highest BCUT2D eigenvalue weighted by molar-refractivity contribution is 5.74. The molecule has 1 unspecified atom stereocenters. The summed E-state index contributed by atoms with van der Waals surface area (Å²) in [4.78, 5) is 15.9. The Morgan fingerprint density at radius 2 is 2.16 bits per heavy atom. The number of aliphatic hydroxyl groups is 1. The topological polar surface area (TPSA) is 87.4 Å². The number of hydrogen-bond donors (Lipinski definition) is 3. The summed E-state index contributed by atoms with van der Waals surface area (Å²) in [5.74, 6) is 1.23. The van der Waals surface area contributed by atoms with E-state index in [4.69, 9.17) is 4.42 Å². The minimum absolute atomic E-state index is 0.0918. The quantitative estimate of drug-likeness (QED) is 0.732. The van der Waals surface area contributed by atoms with Gasteiger partial charge in [0.1, 0.15) is 5.76 Å². The van der Waals surface area contributed by atoms with E-state index in [0.29, 0.717) is 12.3 Å². The molecular weight excluding hydrogens is 246 g/mol. The van der Waals surface area contributed by atoms with Gasteiger partial charge in [-0.25, -0.2) is 9.78 Å².